The number of rotatable bonds is 6. The number of nitrogens with zero attached hydrogens (tertiary/aromatic N) is 4. The van der Waals surface area contributed by atoms with E-state index in [1.54, 1.807) is 16.9 Å². The molecule has 9 heteroatoms. The van der Waals surface area contributed by atoms with Gasteiger partial charge in [0, 0.05) is 51.5 Å². The molecular formula is C24H28N4O5. The van der Waals surface area contributed by atoms with Crippen molar-refractivity contribution >= 4 is 17.6 Å². The molecule has 0 atom stereocenters. The van der Waals surface area contributed by atoms with Crippen LogP contribution in [-0.4, -0.2) is 86.4 Å². The van der Waals surface area contributed by atoms with E-state index in [1.165, 1.54) is 5.56 Å². The highest BCUT2D eigenvalue weighted by Gasteiger charge is 2.32. The van der Waals surface area contributed by atoms with Gasteiger partial charge in [-0.2, -0.15) is 0 Å². The zero-order valence-corrected chi connectivity index (χ0v) is 18.7. The van der Waals surface area contributed by atoms with Gasteiger partial charge in [-0.15, -0.1) is 0 Å². The largest absolute Gasteiger partial charge is 0.497 e. The Hall–Kier alpha value is -3.46. The van der Waals surface area contributed by atoms with Crippen LogP contribution in [-0.2, 0) is 11.3 Å². The van der Waals surface area contributed by atoms with Crippen molar-refractivity contribution in [2.24, 2.45) is 0 Å². The number of fused-ring (bicyclic) bond motifs is 1. The molecule has 0 radical (unpaired) electrons. The molecule has 0 N–H and O–H groups in total. The van der Waals surface area contributed by atoms with Crippen molar-refractivity contribution in [3.63, 3.8) is 0 Å². The van der Waals surface area contributed by atoms with Crippen molar-refractivity contribution in [1.29, 1.82) is 0 Å². The van der Waals surface area contributed by atoms with Gasteiger partial charge in [0.05, 0.1) is 7.11 Å². The Morgan fingerprint density at radius 2 is 1.70 bits per heavy atom. The van der Waals surface area contributed by atoms with Gasteiger partial charge in [-0.1, -0.05) is 6.07 Å². The average Bonchev–Trinajstić information content (AvgIpc) is 3.46. The van der Waals surface area contributed by atoms with Crippen LogP contribution in [0.15, 0.2) is 42.5 Å². The van der Waals surface area contributed by atoms with Crippen LogP contribution < -0.4 is 19.1 Å². The average molecular weight is 453 g/mol. The van der Waals surface area contributed by atoms with Gasteiger partial charge < -0.3 is 24.0 Å². The van der Waals surface area contributed by atoms with E-state index in [0.717, 1.165) is 42.6 Å². The second kappa shape index (κ2) is 9.19. The van der Waals surface area contributed by atoms with E-state index in [0.29, 0.717) is 26.2 Å². The predicted octanol–water partition coefficient (Wildman–Crippen LogP) is 2.01. The normalized spacial score (nSPS) is 18.2. The molecule has 2 aromatic carbocycles. The van der Waals surface area contributed by atoms with E-state index in [4.69, 9.17) is 14.2 Å². The molecule has 0 bridgehead atoms. The second-order valence-electron chi connectivity index (χ2n) is 8.40. The number of carbonyl (C=O) groups excluding carboxylic acids is 2. The fraction of sp³-hybridized carbons (Fsp3) is 0.417. The highest BCUT2D eigenvalue weighted by molar-refractivity contribution is 5.96. The van der Waals surface area contributed by atoms with Gasteiger partial charge in [0.1, 0.15) is 12.3 Å². The quantitative estimate of drug-likeness (QED) is 0.668. The molecule has 0 spiro atoms. The minimum atomic E-state index is -0.130. The lowest BCUT2D eigenvalue weighted by Gasteiger charge is -2.35. The highest BCUT2D eigenvalue weighted by Crippen LogP contribution is 2.33. The Bertz CT molecular complexity index is 1020. The molecule has 3 aliphatic rings. The summed E-state index contributed by atoms with van der Waals surface area (Å²) in [6, 6.07) is 13.3. The van der Waals surface area contributed by atoms with Gasteiger partial charge in [0.15, 0.2) is 11.5 Å². The molecule has 3 aliphatic heterocycles. The van der Waals surface area contributed by atoms with E-state index < -0.39 is 0 Å². The smallest absolute Gasteiger partial charge is 0.325 e. The van der Waals surface area contributed by atoms with Crippen LogP contribution in [0.4, 0.5) is 10.5 Å². The van der Waals surface area contributed by atoms with Crippen molar-refractivity contribution in [2.45, 2.75) is 6.54 Å². The molecule has 2 aromatic rings. The van der Waals surface area contributed by atoms with Gasteiger partial charge in [-0.05, 0) is 42.0 Å². The molecular weight excluding hydrogens is 424 g/mol. The molecule has 2 fully saturated rings. The summed E-state index contributed by atoms with van der Waals surface area (Å²) in [5.41, 5.74) is 1.98. The molecule has 0 aliphatic carbocycles. The molecule has 9 nitrogen and oxygen atoms in total. The van der Waals surface area contributed by atoms with E-state index >= 15 is 0 Å². The number of benzene rings is 2. The van der Waals surface area contributed by atoms with Crippen LogP contribution in [0.3, 0.4) is 0 Å². The fourth-order valence-electron chi connectivity index (χ4n) is 4.45. The summed E-state index contributed by atoms with van der Waals surface area (Å²) in [6.07, 6.45) is 0. The lowest BCUT2D eigenvalue weighted by molar-refractivity contribution is -0.133. The number of anilines is 1. The molecule has 3 heterocycles. The monoisotopic (exact) mass is 452 g/mol. The molecule has 33 heavy (non-hydrogen) atoms. The van der Waals surface area contributed by atoms with E-state index in [2.05, 4.69) is 11.0 Å². The first-order chi connectivity index (χ1) is 16.1. The third-order valence-corrected chi connectivity index (χ3v) is 6.37. The Morgan fingerprint density at radius 3 is 2.45 bits per heavy atom. The first-order valence-electron chi connectivity index (χ1n) is 11.2. The summed E-state index contributed by atoms with van der Waals surface area (Å²) >= 11 is 0. The highest BCUT2D eigenvalue weighted by atomic mass is 16.7. The van der Waals surface area contributed by atoms with Crippen LogP contribution in [0.5, 0.6) is 17.2 Å². The third-order valence-electron chi connectivity index (χ3n) is 6.37. The summed E-state index contributed by atoms with van der Waals surface area (Å²) in [5, 5.41) is 0. The van der Waals surface area contributed by atoms with Crippen LogP contribution in [0.25, 0.3) is 0 Å². The summed E-state index contributed by atoms with van der Waals surface area (Å²) in [4.78, 5) is 33.2. The van der Waals surface area contributed by atoms with Gasteiger partial charge in [-0.25, -0.2) is 4.79 Å². The van der Waals surface area contributed by atoms with Crippen molar-refractivity contribution in [3.05, 3.63) is 48.0 Å². The van der Waals surface area contributed by atoms with Crippen LogP contribution in [0, 0.1) is 0 Å². The SMILES string of the molecule is COc1ccc(N2CCN(CC(=O)N3CCN(Cc4ccc5c(c4)OCO5)CC3)C2=O)cc1. The minimum absolute atomic E-state index is 0.00246. The molecule has 0 saturated carbocycles. The molecule has 2 saturated heterocycles. The van der Waals surface area contributed by atoms with Crippen LogP contribution >= 0.6 is 0 Å². The van der Waals surface area contributed by atoms with E-state index in [1.807, 2.05) is 41.3 Å². The number of carbonyl (C=O) groups is 2. The predicted molar refractivity (Wildman–Crippen MR) is 122 cm³/mol. The van der Waals surface area contributed by atoms with Gasteiger partial charge in [-0.3, -0.25) is 14.6 Å². The maximum atomic E-state index is 12.9. The fourth-order valence-corrected chi connectivity index (χ4v) is 4.45. The van der Waals surface area contributed by atoms with Gasteiger partial charge in [0.2, 0.25) is 12.7 Å². The summed E-state index contributed by atoms with van der Waals surface area (Å²) in [5.74, 6) is 2.33. The number of hydrogen-bond donors (Lipinski definition) is 0. The lowest BCUT2D eigenvalue weighted by Crippen LogP contribution is -2.51. The summed E-state index contributed by atoms with van der Waals surface area (Å²) in [7, 11) is 1.61. The minimum Gasteiger partial charge on any atom is -0.497 e. The molecule has 0 unspecified atom stereocenters. The Balaban J connectivity index is 1.10. The van der Waals surface area contributed by atoms with E-state index in [-0.39, 0.29) is 25.3 Å². The number of hydrogen-bond acceptors (Lipinski definition) is 6. The van der Waals surface area contributed by atoms with Gasteiger partial charge >= 0.3 is 6.03 Å². The Kier molecular flexibility index (Phi) is 5.95. The van der Waals surface area contributed by atoms with E-state index in [9.17, 15) is 9.59 Å². The summed E-state index contributed by atoms with van der Waals surface area (Å²) in [6.45, 7) is 5.23. The molecule has 0 aromatic heterocycles. The number of methoxy groups -OCH3 is 1. The topological polar surface area (TPSA) is 74.8 Å². The first-order valence-corrected chi connectivity index (χ1v) is 11.2. The number of piperazine rings is 1. The molecule has 174 valence electrons. The van der Waals surface area contributed by atoms with Crippen molar-refractivity contribution in [2.75, 3.05) is 64.6 Å². The lowest BCUT2D eigenvalue weighted by atomic mass is 10.1. The molecule has 5 rings (SSSR count). The van der Waals surface area contributed by atoms with Crippen molar-refractivity contribution in [3.8, 4) is 17.2 Å². The maximum absolute atomic E-state index is 12.9. The van der Waals surface area contributed by atoms with Crippen LogP contribution in [0.1, 0.15) is 5.56 Å². The first kappa shape index (κ1) is 21.4. The third kappa shape index (κ3) is 4.54. The second-order valence-corrected chi connectivity index (χ2v) is 8.40. The zero-order chi connectivity index (χ0) is 22.8. The Labute approximate surface area is 193 Å². The standard InChI is InChI=1S/C24H28N4O5/c1-31-20-5-3-19(4-6-20)28-13-12-27(24(28)30)16-23(29)26-10-8-25(9-11-26)15-18-2-7-21-22(14-18)33-17-32-21/h2-7,14H,8-13,15-17H2,1H3. The summed E-state index contributed by atoms with van der Waals surface area (Å²) < 4.78 is 16.0. The van der Waals surface area contributed by atoms with Gasteiger partial charge in [0.25, 0.3) is 0 Å². The zero-order valence-electron chi connectivity index (χ0n) is 18.7. The molecule has 3 amide bonds. The maximum Gasteiger partial charge on any atom is 0.325 e. The number of urea groups is 1. The van der Waals surface area contributed by atoms with Crippen molar-refractivity contribution in [1.82, 2.24) is 14.7 Å². The van der Waals surface area contributed by atoms with Crippen molar-refractivity contribution < 1.29 is 23.8 Å². The van der Waals surface area contributed by atoms with Crippen LogP contribution in [0.2, 0.25) is 0 Å². The number of amides is 3. The Morgan fingerprint density at radius 1 is 0.939 bits per heavy atom. The number of ether oxygens (including phenoxy) is 3.